The molecule has 0 aromatic carbocycles. The average Bonchev–Trinajstić information content (AvgIpc) is 2.37. The summed E-state index contributed by atoms with van der Waals surface area (Å²) in [6, 6.07) is -1.04. The van der Waals surface area contributed by atoms with Gasteiger partial charge in [0.1, 0.15) is 6.04 Å². The zero-order valence-corrected chi connectivity index (χ0v) is 14.2. The summed E-state index contributed by atoms with van der Waals surface area (Å²) in [5, 5.41) is 11.8. The maximum Gasteiger partial charge on any atom is 0.326 e. The zero-order chi connectivity index (χ0) is 16.4. The van der Waals surface area contributed by atoms with Gasteiger partial charge in [0.2, 0.25) is 0 Å². The van der Waals surface area contributed by atoms with Crippen LogP contribution < -0.4 is 5.32 Å². The lowest BCUT2D eigenvalue weighted by Gasteiger charge is -2.26. The number of hydrogen-bond acceptors (Lipinski definition) is 2. The summed E-state index contributed by atoms with van der Waals surface area (Å²) in [5.41, 5.74) is 0. The molecular formula is C16H32N2O3. The topological polar surface area (TPSA) is 69.6 Å². The van der Waals surface area contributed by atoms with Crippen molar-refractivity contribution < 1.29 is 14.7 Å². The zero-order valence-electron chi connectivity index (χ0n) is 14.2. The van der Waals surface area contributed by atoms with Crippen molar-refractivity contribution in [3.8, 4) is 0 Å². The van der Waals surface area contributed by atoms with Crippen molar-refractivity contribution >= 4 is 12.0 Å². The van der Waals surface area contributed by atoms with Gasteiger partial charge in [0.25, 0.3) is 0 Å². The standard InChI is InChI=1S/C16H32N2O3/c1-6-7-14(15(19)20)17-16(21)18(10-8-12(2)3)11-9-13(4)5/h12-14H,6-11H2,1-5H3,(H,17,21)(H,19,20). The molecule has 0 saturated carbocycles. The molecule has 0 rings (SSSR count). The molecule has 5 heteroatoms. The van der Waals surface area contributed by atoms with Gasteiger partial charge in [0.15, 0.2) is 0 Å². The lowest BCUT2D eigenvalue weighted by molar-refractivity contribution is -0.139. The Kier molecular flexibility index (Phi) is 9.84. The summed E-state index contributed by atoms with van der Waals surface area (Å²) in [5.74, 6) is 0.0772. The molecule has 0 saturated heterocycles. The molecule has 2 N–H and O–H groups in total. The molecule has 0 heterocycles. The fourth-order valence-corrected chi connectivity index (χ4v) is 1.93. The van der Waals surface area contributed by atoms with Crippen molar-refractivity contribution in [3.63, 3.8) is 0 Å². The highest BCUT2D eigenvalue weighted by Crippen LogP contribution is 2.08. The maximum absolute atomic E-state index is 12.3. The second kappa shape index (κ2) is 10.5. The predicted octanol–water partition coefficient (Wildman–Crippen LogP) is 3.34. The number of rotatable bonds is 10. The third kappa shape index (κ3) is 9.32. The monoisotopic (exact) mass is 300 g/mol. The first-order valence-electron chi connectivity index (χ1n) is 8.06. The van der Waals surface area contributed by atoms with E-state index in [1.165, 1.54) is 0 Å². The van der Waals surface area contributed by atoms with Crippen LogP contribution in [0.4, 0.5) is 4.79 Å². The summed E-state index contributed by atoms with van der Waals surface area (Å²) in [7, 11) is 0. The third-order valence-corrected chi connectivity index (χ3v) is 3.41. The Morgan fingerprint density at radius 2 is 1.48 bits per heavy atom. The van der Waals surface area contributed by atoms with Gasteiger partial charge in [0, 0.05) is 13.1 Å². The largest absolute Gasteiger partial charge is 0.480 e. The molecule has 0 fully saturated rings. The Labute approximate surface area is 129 Å². The van der Waals surface area contributed by atoms with Crippen LogP contribution in [0.1, 0.15) is 60.3 Å². The minimum Gasteiger partial charge on any atom is -0.480 e. The van der Waals surface area contributed by atoms with E-state index in [0.29, 0.717) is 31.3 Å². The summed E-state index contributed by atoms with van der Waals surface area (Å²) in [6.45, 7) is 11.7. The number of carbonyl (C=O) groups is 2. The molecule has 2 amide bonds. The van der Waals surface area contributed by atoms with Crippen LogP contribution in [0.3, 0.4) is 0 Å². The number of carbonyl (C=O) groups excluding carboxylic acids is 1. The van der Waals surface area contributed by atoms with E-state index in [9.17, 15) is 9.59 Å². The second-order valence-corrected chi connectivity index (χ2v) is 6.48. The van der Waals surface area contributed by atoms with E-state index in [4.69, 9.17) is 5.11 Å². The van der Waals surface area contributed by atoms with E-state index in [1.807, 2.05) is 6.92 Å². The summed E-state index contributed by atoms with van der Waals surface area (Å²) >= 11 is 0. The van der Waals surface area contributed by atoms with E-state index in [-0.39, 0.29) is 6.03 Å². The Bertz CT molecular complexity index is 305. The molecular weight excluding hydrogens is 268 g/mol. The Morgan fingerprint density at radius 3 is 1.81 bits per heavy atom. The molecule has 1 atom stereocenters. The molecule has 0 aromatic rings. The van der Waals surface area contributed by atoms with Gasteiger partial charge < -0.3 is 15.3 Å². The first kappa shape index (κ1) is 19.7. The highest BCUT2D eigenvalue weighted by molar-refractivity contribution is 5.82. The molecule has 0 aliphatic carbocycles. The van der Waals surface area contributed by atoms with E-state index in [0.717, 1.165) is 19.3 Å². The number of carboxylic acids is 1. The fourth-order valence-electron chi connectivity index (χ4n) is 1.93. The van der Waals surface area contributed by atoms with Crippen molar-refractivity contribution in [2.75, 3.05) is 13.1 Å². The Morgan fingerprint density at radius 1 is 1.00 bits per heavy atom. The van der Waals surface area contributed by atoms with Gasteiger partial charge in [-0.3, -0.25) is 0 Å². The summed E-state index contributed by atoms with van der Waals surface area (Å²) < 4.78 is 0. The molecule has 0 aliphatic rings. The quantitative estimate of drug-likeness (QED) is 0.650. The molecule has 0 aliphatic heterocycles. The minimum absolute atomic E-state index is 0.253. The fraction of sp³-hybridized carbons (Fsp3) is 0.875. The lowest BCUT2D eigenvalue weighted by atomic mass is 10.1. The van der Waals surface area contributed by atoms with Crippen molar-refractivity contribution in [1.29, 1.82) is 0 Å². The van der Waals surface area contributed by atoms with Gasteiger partial charge >= 0.3 is 12.0 Å². The molecule has 1 unspecified atom stereocenters. The van der Waals surface area contributed by atoms with Crippen LogP contribution in [0.25, 0.3) is 0 Å². The molecule has 0 radical (unpaired) electrons. The summed E-state index contributed by atoms with van der Waals surface area (Å²) in [6.07, 6.45) is 3.05. The predicted molar refractivity (Wildman–Crippen MR) is 85.3 cm³/mol. The van der Waals surface area contributed by atoms with E-state index >= 15 is 0 Å². The molecule has 124 valence electrons. The molecule has 0 aromatic heterocycles. The normalized spacial score (nSPS) is 12.5. The van der Waals surface area contributed by atoms with Gasteiger partial charge in [-0.25, -0.2) is 9.59 Å². The van der Waals surface area contributed by atoms with Gasteiger partial charge in [-0.2, -0.15) is 0 Å². The highest BCUT2D eigenvalue weighted by atomic mass is 16.4. The number of amides is 2. The van der Waals surface area contributed by atoms with Crippen molar-refractivity contribution in [2.45, 2.75) is 66.3 Å². The van der Waals surface area contributed by atoms with Crippen molar-refractivity contribution in [1.82, 2.24) is 10.2 Å². The van der Waals surface area contributed by atoms with Gasteiger partial charge in [0.05, 0.1) is 0 Å². The molecule has 21 heavy (non-hydrogen) atoms. The van der Waals surface area contributed by atoms with Crippen LogP contribution in [-0.4, -0.2) is 41.1 Å². The Hall–Kier alpha value is -1.26. The number of carboxylic acid groups (broad SMARTS) is 1. The number of nitrogens with zero attached hydrogens (tertiary/aromatic N) is 1. The van der Waals surface area contributed by atoms with Crippen LogP contribution in [0.15, 0.2) is 0 Å². The van der Waals surface area contributed by atoms with Gasteiger partial charge in [-0.15, -0.1) is 0 Å². The van der Waals surface area contributed by atoms with E-state index < -0.39 is 12.0 Å². The summed E-state index contributed by atoms with van der Waals surface area (Å²) in [4.78, 5) is 25.2. The van der Waals surface area contributed by atoms with Crippen LogP contribution in [-0.2, 0) is 4.79 Å². The van der Waals surface area contributed by atoms with Gasteiger partial charge in [-0.05, 0) is 31.1 Å². The maximum atomic E-state index is 12.3. The molecule has 0 bridgehead atoms. The van der Waals surface area contributed by atoms with Crippen LogP contribution in [0.2, 0.25) is 0 Å². The number of nitrogens with one attached hydrogen (secondary N) is 1. The smallest absolute Gasteiger partial charge is 0.326 e. The van der Waals surface area contributed by atoms with Crippen LogP contribution in [0.5, 0.6) is 0 Å². The highest BCUT2D eigenvalue weighted by Gasteiger charge is 2.22. The lowest BCUT2D eigenvalue weighted by Crippen LogP contribution is -2.48. The van der Waals surface area contributed by atoms with Crippen LogP contribution in [0, 0.1) is 11.8 Å². The van der Waals surface area contributed by atoms with E-state index in [2.05, 4.69) is 33.0 Å². The molecule has 5 nitrogen and oxygen atoms in total. The number of aliphatic carboxylic acids is 1. The first-order valence-corrected chi connectivity index (χ1v) is 8.06. The second-order valence-electron chi connectivity index (χ2n) is 6.48. The SMILES string of the molecule is CCCC(NC(=O)N(CCC(C)C)CCC(C)C)C(=O)O. The number of hydrogen-bond donors (Lipinski definition) is 2. The Balaban J connectivity index is 4.62. The molecule has 0 spiro atoms. The first-order chi connectivity index (χ1) is 9.77. The van der Waals surface area contributed by atoms with Crippen molar-refractivity contribution in [2.24, 2.45) is 11.8 Å². The number of urea groups is 1. The van der Waals surface area contributed by atoms with Crippen molar-refractivity contribution in [3.05, 3.63) is 0 Å². The van der Waals surface area contributed by atoms with Gasteiger partial charge in [-0.1, -0.05) is 41.0 Å². The van der Waals surface area contributed by atoms with E-state index in [1.54, 1.807) is 4.90 Å². The van der Waals surface area contributed by atoms with Crippen LogP contribution >= 0.6 is 0 Å². The average molecular weight is 300 g/mol. The third-order valence-electron chi connectivity index (χ3n) is 3.41. The minimum atomic E-state index is -0.960.